The molecule has 7 heteroatoms. The first kappa shape index (κ1) is 11.1. The molecule has 0 aliphatic heterocycles. The van der Waals surface area contributed by atoms with E-state index in [1.54, 1.807) is 0 Å². The second-order valence-corrected chi connectivity index (χ2v) is 3.39. The van der Waals surface area contributed by atoms with Crippen LogP contribution in [0.1, 0.15) is 11.5 Å². The maximum atomic E-state index is 10.4. The summed E-state index contributed by atoms with van der Waals surface area (Å²) in [6, 6.07) is 3.70. The van der Waals surface area contributed by atoms with Gasteiger partial charge in [-0.25, -0.2) is 9.97 Å². The van der Waals surface area contributed by atoms with Gasteiger partial charge in [-0.15, -0.1) is 0 Å². The molecule has 0 bridgehead atoms. The van der Waals surface area contributed by atoms with Crippen LogP contribution in [0.5, 0.6) is 0 Å². The van der Waals surface area contributed by atoms with Crippen molar-refractivity contribution in [3.63, 3.8) is 0 Å². The van der Waals surface area contributed by atoms with Crippen LogP contribution >= 0.6 is 0 Å². The van der Waals surface area contributed by atoms with E-state index in [1.807, 2.05) is 19.1 Å². The van der Waals surface area contributed by atoms with Crippen LogP contribution in [0.2, 0.25) is 0 Å². The molecule has 2 heterocycles. The molecule has 7 nitrogen and oxygen atoms in total. The molecule has 0 unspecified atom stereocenters. The van der Waals surface area contributed by atoms with Crippen molar-refractivity contribution in [2.24, 2.45) is 0 Å². The van der Waals surface area contributed by atoms with Crippen molar-refractivity contribution in [2.45, 2.75) is 13.5 Å². The Morgan fingerprint density at radius 1 is 1.41 bits per heavy atom. The summed E-state index contributed by atoms with van der Waals surface area (Å²) in [6.07, 6.45) is 2.31. The summed E-state index contributed by atoms with van der Waals surface area (Å²) >= 11 is 0. The number of rotatable bonds is 4. The molecule has 88 valence electrons. The van der Waals surface area contributed by atoms with Crippen LogP contribution in [0, 0.1) is 17.0 Å². The minimum absolute atomic E-state index is 0.135. The lowest BCUT2D eigenvalue weighted by atomic mass is 10.4. The average molecular weight is 234 g/mol. The Balaban J connectivity index is 1.97. The monoisotopic (exact) mass is 234 g/mol. The number of aromatic nitrogens is 2. The molecule has 2 aromatic heterocycles. The van der Waals surface area contributed by atoms with E-state index in [-0.39, 0.29) is 5.69 Å². The maximum Gasteiger partial charge on any atom is 0.305 e. The van der Waals surface area contributed by atoms with Gasteiger partial charge in [0.2, 0.25) is 5.95 Å². The van der Waals surface area contributed by atoms with Crippen molar-refractivity contribution in [1.82, 2.24) is 9.97 Å². The molecule has 0 saturated carbocycles. The predicted octanol–water partition coefficient (Wildman–Crippen LogP) is 1.90. The van der Waals surface area contributed by atoms with Crippen LogP contribution in [0.4, 0.5) is 11.6 Å². The van der Waals surface area contributed by atoms with Gasteiger partial charge >= 0.3 is 5.69 Å². The number of nitrogens with zero attached hydrogens (tertiary/aromatic N) is 3. The van der Waals surface area contributed by atoms with Gasteiger partial charge in [0.1, 0.15) is 23.9 Å². The van der Waals surface area contributed by atoms with Crippen LogP contribution in [-0.4, -0.2) is 14.9 Å². The second kappa shape index (κ2) is 4.60. The molecule has 2 rings (SSSR count). The third-order valence-corrected chi connectivity index (χ3v) is 2.07. The molecule has 0 atom stereocenters. The number of aryl methyl sites for hydroxylation is 1. The van der Waals surface area contributed by atoms with Crippen molar-refractivity contribution < 1.29 is 9.34 Å². The van der Waals surface area contributed by atoms with E-state index in [0.717, 1.165) is 23.9 Å². The van der Waals surface area contributed by atoms with Gasteiger partial charge in [0.15, 0.2) is 0 Å². The highest BCUT2D eigenvalue weighted by atomic mass is 16.6. The fraction of sp³-hybridized carbons (Fsp3) is 0.200. The molecule has 0 aliphatic rings. The summed E-state index contributed by atoms with van der Waals surface area (Å²) in [4.78, 5) is 17.5. The van der Waals surface area contributed by atoms with Gasteiger partial charge in [-0.1, -0.05) is 0 Å². The molecule has 0 aromatic carbocycles. The Hall–Kier alpha value is -2.44. The molecule has 0 saturated heterocycles. The Morgan fingerprint density at radius 2 is 2.12 bits per heavy atom. The Kier molecular flexibility index (Phi) is 2.99. The summed E-state index contributed by atoms with van der Waals surface area (Å²) in [5.74, 6) is 1.90. The van der Waals surface area contributed by atoms with Crippen LogP contribution in [0.15, 0.2) is 28.9 Å². The van der Waals surface area contributed by atoms with Crippen molar-refractivity contribution in [3.8, 4) is 0 Å². The number of nitrogens with one attached hydrogen (secondary N) is 1. The lowest BCUT2D eigenvalue weighted by molar-refractivity contribution is -0.385. The number of hydrogen-bond donors (Lipinski definition) is 1. The second-order valence-electron chi connectivity index (χ2n) is 3.39. The van der Waals surface area contributed by atoms with E-state index < -0.39 is 4.92 Å². The molecular weight excluding hydrogens is 224 g/mol. The van der Waals surface area contributed by atoms with Gasteiger partial charge in [0.25, 0.3) is 0 Å². The normalized spacial score (nSPS) is 10.2. The van der Waals surface area contributed by atoms with Crippen LogP contribution < -0.4 is 5.32 Å². The van der Waals surface area contributed by atoms with Crippen LogP contribution in [0.25, 0.3) is 0 Å². The van der Waals surface area contributed by atoms with Gasteiger partial charge in [0.05, 0.1) is 11.5 Å². The molecule has 0 spiro atoms. The van der Waals surface area contributed by atoms with Gasteiger partial charge in [0, 0.05) is 0 Å². The third-order valence-electron chi connectivity index (χ3n) is 2.07. The molecule has 0 fully saturated rings. The zero-order chi connectivity index (χ0) is 12.3. The minimum Gasteiger partial charge on any atom is -0.465 e. The van der Waals surface area contributed by atoms with Crippen molar-refractivity contribution >= 4 is 11.6 Å². The zero-order valence-electron chi connectivity index (χ0n) is 9.08. The highest BCUT2D eigenvalue weighted by molar-refractivity contribution is 5.31. The fourth-order valence-electron chi connectivity index (χ4n) is 1.25. The van der Waals surface area contributed by atoms with E-state index in [1.165, 1.54) is 0 Å². The quantitative estimate of drug-likeness (QED) is 0.641. The van der Waals surface area contributed by atoms with Crippen molar-refractivity contribution in [2.75, 3.05) is 5.32 Å². The van der Waals surface area contributed by atoms with Crippen molar-refractivity contribution in [3.05, 3.63) is 46.2 Å². The number of furan rings is 1. The highest BCUT2D eigenvalue weighted by Crippen LogP contribution is 2.10. The predicted molar refractivity (Wildman–Crippen MR) is 59.5 cm³/mol. The highest BCUT2D eigenvalue weighted by Gasteiger charge is 2.06. The van der Waals surface area contributed by atoms with Crippen LogP contribution in [-0.2, 0) is 6.54 Å². The summed E-state index contributed by atoms with van der Waals surface area (Å²) in [6.45, 7) is 2.29. The van der Waals surface area contributed by atoms with E-state index >= 15 is 0 Å². The third kappa shape index (κ3) is 2.77. The summed E-state index contributed by atoms with van der Waals surface area (Å²) < 4.78 is 5.34. The zero-order valence-corrected chi connectivity index (χ0v) is 9.08. The SMILES string of the molecule is Cc1ccc(CNc2ncc([N+](=O)[O-])cn2)o1. The molecule has 17 heavy (non-hydrogen) atoms. The lowest BCUT2D eigenvalue weighted by Gasteiger charge is -2.01. The number of nitro groups is 1. The molecule has 0 radical (unpaired) electrons. The Labute approximate surface area is 96.7 Å². The van der Waals surface area contributed by atoms with Crippen molar-refractivity contribution in [1.29, 1.82) is 0 Å². The molecule has 0 aliphatic carbocycles. The maximum absolute atomic E-state index is 10.4. The number of hydrogen-bond acceptors (Lipinski definition) is 6. The average Bonchev–Trinajstić information content (AvgIpc) is 2.73. The summed E-state index contributed by atoms with van der Waals surface area (Å²) in [5, 5.41) is 13.3. The first-order valence-electron chi connectivity index (χ1n) is 4.91. The van der Waals surface area contributed by atoms with Gasteiger partial charge in [-0.05, 0) is 19.1 Å². The minimum atomic E-state index is -0.542. The van der Waals surface area contributed by atoms with Gasteiger partial charge < -0.3 is 9.73 Å². The standard InChI is InChI=1S/C10H10N4O3/c1-7-2-3-9(17-7)6-13-10-11-4-8(5-12-10)14(15)16/h2-5H,6H2,1H3,(H,11,12,13). The Morgan fingerprint density at radius 3 is 2.65 bits per heavy atom. The first-order valence-corrected chi connectivity index (χ1v) is 4.91. The fourth-order valence-corrected chi connectivity index (χ4v) is 1.25. The van der Waals surface area contributed by atoms with E-state index in [4.69, 9.17) is 4.42 Å². The smallest absolute Gasteiger partial charge is 0.305 e. The Bertz CT molecular complexity index is 521. The van der Waals surface area contributed by atoms with Crippen LogP contribution in [0.3, 0.4) is 0 Å². The van der Waals surface area contributed by atoms with E-state index in [0.29, 0.717) is 12.5 Å². The lowest BCUT2D eigenvalue weighted by Crippen LogP contribution is -2.03. The van der Waals surface area contributed by atoms with Gasteiger partial charge in [-0.2, -0.15) is 0 Å². The van der Waals surface area contributed by atoms with Gasteiger partial charge in [-0.3, -0.25) is 10.1 Å². The summed E-state index contributed by atoms with van der Waals surface area (Å²) in [5.41, 5.74) is -0.135. The van der Waals surface area contributed by atoms with E-state index in [9.17, 15) is 10.1 Å². The van der Waals surface area contributed by atoms with E-state index in [2.05, 4.69) is 15.3 Å². The summed E-state index contributed by atoms with van der Waals surface area (Å²) in [7, 11) is 0. The largest absolute Gasteiger partial charge is 0.465 e. The first-order chi connectivity index (χ1) is 8.15. The molecule has 0 amide bonds. The molecular formula is C10H10N4O3. The number of anilines is 1. The molecule has 1 N–H and O–H groups in total. The molecule has 2 aromatic rings. The topological polar surface area (TPSA) is 94.1 Å².